The van der Waals surface area contributed by atoms with Crippen LogP contribution in [-0.2, 0) is 23.1 Å². The van der Waals surface area contributed by atoms with E-state index in [-0.39, 0.29) is 11.8 Å². The Morgan fingerprint density at radius 2 is 1.89 bits per heavy atom. The fourth-order valence-electron chi connectivity index (χ4n) is 3.68. The van der Waals surface area contributed by atoms with Crippen LogP contribution in [0.4, 0.5) is 0 Å². The van der Waals surface area contributed by atoms with Crippen molar-refractivity contribution >= 4 is 5.97 Å². The molecule has 0 atom stereocenters. The number of carboxylic acids is 1. The Bertz CT molecular complexity index is 541. The van der Waals surface area contributed by atoms with E-state index in [1.165, 1.54) is 17.5 Å². The molecule has 0 aromatic heterocycles. The lowest BCUT2D eigenvalue weighted by atomic mass is 9.78. The summed E-state index contributed by atoms with van der Waals surface area (Å²) in [6, 6.07) is 1.83. The molecule has 0 aliphatic heterocycles. The maximum Gasteiger partial charge on any atom is 0.304 e. The van der Waals surface area contributed by atoms with Crippen molar-refractivity contribution in [2.45, 2.75) is 57.3 Å². The molecule has 3 nitrogen and oxygen atoms in total. The number of phenols is 1. The van der Waals surface area contributed by atoms with Crippen LogP contribution in [0.5, 0.6) is 5.75 Å². The first kappa shape index (κ1) is 12.5. The van der Waals surface area contributed by atoms with Gasteiger partial charge in [-0.05, 0) is 68.2 Å². The van der Waals surface area contributed by atoms with Crippen molar-refractivity contribution in [1.29, 1.82) is 0 Å². The number of benzene rings is 1. The van der Waals surface area contributed by atoms with Crippen LogP contribution in [-0.4, -0.2) is 16.2 Å². The fourth-order valence-corrected chi connectivity index (χ4v) is 3.68. The van der Waals surface area contributed by atoms with Crippen molar-refractivity contribution in [3.8, 4) is 5.75 Å². The summed E-state index contributed by atoms with van der Waals surface area (Å²) < 4.78 is 0. The molecule has 3 heteroatoms. The number of carbonyl (C=O) groups is 1. The highest BCUT2D eigenvalue weighted by Crippen LogP contribution is 2.56. The lowest BCUT2D eigenvalue weighted by molar-refractivity contribution is -0.137. The fraction of sp³-hybridized carbons (Fsp3) is 0.562. The number of phenolic OH excluding ortho intramolecular Hbond substituents is 1. The molecule has 2 aliphatic rings. The lowest BCUT2D eigenvalue weighted by Crippen LogP contribution is -2.19. The van der Waals surface area contributed by atoms with Gasteiger partial charge in [0.25, 0.3) is 0 Å². The van der Waals surface area contributed by atoms with Gasteiger partial charge in [-0.3, -0.25) is 4.79 Å². The van der Waals surface area contributed by atoms with Crippen LogP contribution in [0.1, 0.15) is 54.4 Å². The van der Waals surface area contributed by atoms with E-state index in [1.54, 1.807) is 0 Å². The Labute approximate surface area is 113 Å². The SMILES string of the molecule is Cc1cc(O)c(C2(CC(=O)O)CC2)c2c1CCCC2. The molecule has 19 heavy (non-hydrogen) atoms. The van der Waals surface area contributed by atoms with E-state index in [0.29, 0.717) is 5.75 Å². The maximum atomic E-state index is 11.1. The molecule has 1 saturated carbocycles. The molecule has 1 fully saturated rings. The van der Waals surface area contributed by atoms with Gasteiger partial charge in [-0.1, -0.05) is 0 Å². The zero-order valence-corrected chi connectivity index (χ0v) is 11.3. The van der Waals surface area contributed by atoms with Crippen LogP contribution in [0.2, 0.25) is 0 Å². The second-order valence-electron chi connectivity index (χ2n) is 6.10. The summed E-state index contributed by atoms with van der Waals surface area (Å²) in [6.07, 6.45) is 6.33. The van der Waals surface area contributed by atoms with E-state index >= 15 is 0 Å². The first-order chi connectivity index (χ1) is 9.03. The van der Waals surface area contributed by atoms with Crippen LogP contribution in [0.15, 0.2) is 6.07 Å². The highest BCUT2D eigenvalue weighted by atomic mass is 16.4. The van der Waals surface area contributed by atoms with E-state index in [4.69, 9.17) is 5.11 Å². The van der Waals surface area contributed by atoms with E-state index in [0.717, 1.165) is 43.2 Å². The van der Waals surface area contributed by atoms with E-state index < -0.39 is 5.97 Å². The minimum absolute atomic E-state index is 0.149. The third-order valence-electron chi connectivity index (χ3n) is 4.73. The van der Waals surface area contributed by atoms with Gasteiger partial charge in [0.1, 0.15) is 5.75 Å². The number of carboxylic acid groups (broad SMARTS) is 1. The van der Waals surface area contributed by atoms with Crippen molar-refractivity contribution in [2.24, 2.45) is 0 Å². The van der Waals surface area contributed by atoms with Crippen molar-refractivity contribution in [3.63, 3.8) is 0 Å². The van der Waals surface area contributed by atoms with Gasteiger partial charge in [0.05, 0.1) is 6.42 Å². The molecule has 2 N–H and O–H groups in total. The summed E-state index contributed by atoms with van der Waals surface area (Å²) in [5, 5.41) is 19.5. The maximum absolute atomic E-state index is 11.1. The number of hydrogen-bond donors (Lipinski definition) is 2. The Morgan fingerprint density at radius 3 is 2.47 bits per heavy atom. The summed E-state index contributed by atoms with van der Waals surface area (Å²) in [5.74, 6) is -0.445. The topological polar surface area (TPSA) is 57.5 Å². The quantitative estimate of drug-likeness (QED) is 0.878. The molecule has 0 radical (unpaired) electrons. The van der Waals surface area contributed by atoms with Crippen molar-refractivity contribution in [2.75, 3.05) is 0 Å². The minimum Gasteiger partial charge on any atom is -0.508 e. The minimum atomic E-state index is -0.762. The predicted molar refractivity (Wildman–Crippen MR) is 72.7 cm³/mol. The highest BCUT2D eigenvalue weighted by Gasteiger charge is 2.49. The first-order valence-corrected chi connectivity index (χ1v) is 7.10. The molecule has 0 saturated heterocycles. The zero-order chi connectivity index (χ0) is 13.6. The van der Waals surface area contributed by atoms with Crippen LogP contribution >= 0.6 is 0 Å². The lowest BCUT2D eigenvalue weighted by Gasteiger charge is -2.26. The Hall–Kier alpha value is -1.51. The monoisotopic (exact) mass is 260 g/mol. The van der Waals surface area contributed by atoms with E-state index in [1.807, 2.05) is 13.0 Å². The van der Waals surface area contributed by atoms with Crippen LogP contribution < -0.4 is 0 Å². The van der Waals surface area contributed by atoms with Gasteiger partial charge in [0.2, 0.25) is 0 Å². The largest absolute Gasteiger partial charge is 0.508 e. The number of rotatable bonds is 3. The summed E-state index contributed by atoms with van der Waals surface area (Å²) in [4.78, 5) is 11.1. The van der Waals surface area contributed by atoms with Crippen LogP contribution in [0.25, 0.3) is 0 Å². The van der Waals surface area contributed by atoms with E-state index in [2.05, 4.69) is 0 Å². The molecule has 102 valence electrons. The zero-order valence-electron chi connectivity index (χ0n) is 11.3. The smallest absolute Gasteiger partial charge is 0.304 e. The first-order valence-electron chi connectivity index (χ1n) is 7.10. The molecule has 0 unspecified atom stereocenters. The van der Waals surface area contributed by atoms with Crippen molar-refractivity contribution < 1.29 is 15.0 Å². The van der Waals surface area contributed by atoms with Crippen molar-refractivity contribution in [3.05, 3.63) is 28.3 Å². The highest BCUT2D eigenvalue weighted by molar-refractivity contribution is 5.71. The molecular formula is C16H20O3. The number of fused-ring (bicyclic) bond motifs is 1. The third-order valence-corrected chi connectivity index (χ3v) is 4.73. The average molecular weight is 260 g/mol. The molecule has 1 aromatic rings. The molecule has 0 heterocycles. The van der Waals surface area contributed by atoms with E-state index in [9.17, 15) is 9.90 Å². The molecule has 3 rings (SSSR count). The summed E-state index contributed by atoms with van der Waals surface area (Å²) in [7, 11) is 0. The summed E-state index contributed by atoms with van der Waals surface area (Å²) >= 11 is 0. The van der Waals surface area contributed by atoms with Gasteiger partial charge in [-0.15, -0.1) is 0 Å². The van der Waals surface area contributed by atoms with Crippen LogP contribution in [0.3, 0.4) is 0 Å². The van der Waals surface area contributed by atoms with Gasteiger partial charge in [-0.25, -0.2) is 0 Å². The van der Waals surface area contributed by atoms with Gasteiger partial charge >= 0.3 is 5.97 Å². The van der Waals surface area contributed by atoms with Crippen molar-refractivity contribution in [1.82, 2.24) is 0 Å². The molecule has 0 bridgehead atoms. The van der Waals surface area contributed by atoms with Gasteiger partial charge in [0, 0.05) is 11.0 Å². The third kappa shape index (κ3) is 2.01. The van der Waals surface area contributed by atoms with Crippen LogP contribution in [0, 0.1) is 6.92 Å². The Kier molecular flexibility index (Phi) is 2.80. The average Bonchev–Trinajstić information content (AvgIpc) is 3.08. The number of aliphatic carboxylic acids is 1. The molecule has 0 amide bonds. The second-order valence-corrected chi connectivity index (χ2v) is 6.10. The molecule has 2 aliphatic carbocycles. The van der Waals surface area contributed by atoms with Gasteiger partial charge in [-0.2, -0.15) is 0 Å². The molecular weight excluding hydrogens is 240 g/mol. The Morgan fingerprint density at radius 1 is 1.26 bits per heavy atom. The summed E-state index contributed by atoms with van der Waals surface area (Å²) in [5.41, 5.74) is 4.43. The molecule has 0 spiro atoms. The normalized spacial score (nSPS) is 19.8. The van der Waals surface area contributed by atoms with Gasteiger partial charge < -0.3 is 10.2 Å². The van der Waals surface area contributed by atoms with Gasteiger partial charge in [0.15, 0.2) is 0 Å². The second kappa shape index (κ2) is 4.26. The number of aryl methyl sites for hydroxylation is 1. The predicted octanol–water partition coefficient (Wildman–Crippen LogP) is 3.09. The standard InChI is InChI=1S/C16H20O3/c1-10-8-13(17)15(12-5-3-2-4-11(10)12)16(6-7-16)9-14(18)19/h8,17H,2-7,9H2,1H3,(H,18,19). The summed E-state index contributed by atoms with van der Waals surface area (Å²) in [6.45, 7) is 2.05. The number of hydrogen-bond acceptors (Lipinski definition) is 2. The Balaban J connectivity index is 2.13. The number of aromatic hydroxyl groups is 1. The molecule has 1 aromatic carbocycles.